The van der Waals surface area contributed by atoms with Crippen LogP contribution in [0.25, 0.3) is 0 Å². The van der Waals surface area contributed by atoms with Gasteiger partial charge in [-0.3, -0.25) is 0 Å². The number of rotatable bonds is 7. The average molecular weight is 258 g/mol. The van der Waals surface area contributed by atoms with Crippen molar-refractivity contribution in [2.24, 2.45) is 0 Å². The van der Waals surface area contributed by atoms with E-state index in [1.165, 1.54) is 5.56 Å². The Kier molecular flexibility index (Phi) is 6.52. The molecule has 0 heterocycles. The summed E-state index contributed by atoms with van der Waals surface area (Å²) in [5.74, 6) is 0. The highest BCUT2D eigenvalue weighted by molar-refractivity contribution is 6.30. The summed E-state index contributed by atoms with van der Waals surface area (Å²) in [7, 11) is 3.28. The molecule has 0 saturated heterocycles. The largest absolute Gasteiger partial charge is 0.355 e. The van der Waals surface area contributed by atoms with Crippen LogP contribution in [0.4, 0.5) is 0 Å². The molecule has 96 valence electrons. The Morgan fingerprint density at radius 2 is 1.76 bits per heavy atom. The van der Waals surface area contributed by atoms with Gasteiger partial charge in [0.2, 0.25) is 0 Å². The van der Waals surface area contributed by atoms with E-state index >= 15 is 0 Å². The fraction of sp³-hybridized carbons (Fsp3) is 0.538. The zero-order valence-electron chi connectivity index (χ0n) is 10.6. The molecule has 0 aliphatic heterocycles. The molecule has 3 nitrogen and oxygen atoms in total. The second kappa shape index (κ2) is 7.67. The number of ether oxygens (including phenoxy) is 2. The standard InChI is InChI=1S/C13H20ClNO2/c1-4-12(15-9-13(16-2)17-3)10-5-7-11(14)8-6-10/h5-8,12-13,15H,4,9H2,1-3H3. The summed E-state index contributed by atoms with van der Waals surface area (Å²) in [6.45, 7) is 2.80. The van der Waals surface area contributed by atoms with Gasteiger partial charge in [0.15, 0.2) is 6.29 Å². The van der Waals surface area contributed by atoms with Crippen LogP contribution in [0, 0.1) is 0 Å². The molecule has 1 N–H and O–H groups in total. The van der Waals surface area contributed by atoms with Crippen LogP contribution >= 0.6 is 11.6 Å². The lowest BCUT2D eigenvalue weighted by Crippen LogP contribution is -2.32. The second-order valence-electron chi connectivity index (χ2n) is 3.82. The first-order valence-corrected chi connectivity index (χ1v) is 6.13. The minimum atomic E-state index is -0.212. The lowest BCUT2D eigenvalue weighted by Gasteiger charge is -2.21. The topological polar surface area (TPSA) is 30.5 Å². The number of hydrogen-bond acceptors (Lipinski definition) is 3. The SMILES string of the molecule is CCC(NCC(OC)OC)c1ccc(Cl)cc1. The Balaban J connectivity index is 2.56. The Hall–Kier alpha value is -0.610. The van der Waals surface area contributed by atoms with Gasteiger partial charge < -0.3 is 14.8 Å². The highest BCUT2D eigenvalue weighted by Gasteiger charge is 2.11. The summed E-state index contributed by atoms with van der Waals surface area (Å²) in [6, 6.07) is 8.19. The van der Waals surface area contributed by atoms with Crippen molar-refractivity contribution >= 4 is 11.6 Å². The molecule has 1 rings (SSSR count). The van der Waals surface area contributed by atoms with Gasteiger partial charge in [0.25, 0.3) is 0 Å². The third-order valence-corrected chi connectivity index (χ3v) is 2.99. The van der Waals surface area contributed by atoms with Gasteiger partial charge in [-0.1, -0.05) is 30.7 Å². The van der Waals surface area contributed by atoms with Crippen LogP contribution in [0.1, 0.15) is 24.9 Å². The van der Waals surface area contributed by atoms with Crippen molar-refractivity contribution in [1.82, 2.24) is 5.32 Å². The maximum atomic E-state index is 5.87. The molecule has 0 spiro atoms. The van der Waals surface area contributed by atoms with Crippen molar-refractivity contribution in [2.75, 3.05) is 20.8 Å². The summed E-state index contributed by atoms with van der Waals surface area (Å²) >= 11 is 5.87. The molecular formula is C13H20ClNO2. The van der Waals surface area contributed by atoms with Crippen molar-refractivity contribution in [1.29, 1.82) is 0 Å². The minimum absolute atomic E-state index is 0.212. The summed E-state index contributed by atoms with van der Waals surface area (Å²) in [4.78, 5) is 0. The van der Waals surface area contributed by atoms with E-state index in [-0.39, 0.29) is 6.29 Å². The molecule has 0 aromatic heterocycles. The zero-order chi connectivity index (χ0) is 12.7. The molecule has 17 heavy (non-hydrogen) atoms. The van der Waals surface area contributed by atoms with Crippen LogP contribution in [0.15, 0.2) is 24.3 Å². The monoisotopic (exact) mass is 257 g/mol. The third kappa shape index (κ3) is 4.64. The number of hydrogen-bond donors (Lipinski definition) is 1. The van der Waals surface area contributed by atoms with Gasteiger partial charge in [-0.2, -0.15) is 0 Å². The van der Waals surface area contributed by atoms with Gasteiger partial charge in [0, 0.05) is 31.8 Å². The fourth-order valence-corrected chi connectivity index (χ4v) is 1.82. The number of methoxy groups -OCH3 is 2. The van der Waals surface area contributed by atoms with E-state index in [1.54, 1.807) is 14.2 Å². The van der Waals surface area contributed by atoms with Gasteiger partial charge in [-0.15, -0.1) is 0 Å². The quantitative estimate of drug-likeness (QED) is 0.762. The van der Waals surface area contributed by atoms with Gasteiger partial charge in [-0.25, -0.2) is 0 Å². The molecule has 0 saturated carbocycles. The van der Waals surface area contributed by atoms with E-state index < -0.39 is 0 Å². The number of benzene rings is 1. The molecule has 1 unspecified atom stereocenters. The van der Waals surface area contributed by atoms with E-state index in [9.17, 15) is 0 Å². The highest BCUT2D eigenvalue weighted by atomic mass is 35.5. The molecule has 0 fully saturated rings. The van der Waals surface area contributed by atoms with Crippen molar-refractivity contribution in [3.63, 3.8) is 0 Å². The van der Waals surface area contributed by atoms with Gasteiger partial charge in [0.1, 0.15) is 0 Å². The molecule has 1 aromatic carbocycles. The number of nitrogens with one attached hydrogen (secondary N) is 1. The van der Waals surface area contributed by atoms with E-state index in [4.69, 9.17) is 21.1 Å². The van der Waals surface area contributed by atoms with E-state index in [0.29, 0.717) is 12.6 Å². The van der Waals surface area contributed by atoms with Crippen molar-refractivity contribution in [3.8, 4) is 0 Å². The van der Waals surface area contributed by atoms with Crippen molar-refractivity contribution in [3.05, 3.63) is 34.9 Å². The normalized spacial score (nSPS) is 13.0. The predicted molar refractivity (Wildman–Crippen MR) is 70.3 cm³/mol. The van der Waals surface area contributed by atoms with Crippen LogP contribution in [0.3, 0.4) is 0 Å². The van der Waals surface area contributed by atoms with Crippen molar-refractivity contribution in [2.45, 2.75) is 25.7 Å². The lowest BCUT2D eigenvalue weighted by molar-refractivity contribution is -0.0999. The molecule has 0 amide bonds. The summed E-state index contributed by atoms with van der Waals surface area (Å²) in [6.07, 6.45) is 0.790. The van der Waals surface area contributed by atoms with E-state index in [0.717, 1.165) is 11.4 Å². The molecule has 0 aliphatic rings. The van der Waals surface area contributed by atoms with Crippen molar-refractivity contribution < 1.29 is 9.47 Å². The third-order valence-electron chi connectivity index (χ3n) is 2.74. The molecule has 0 aliphatic carbocycles. The van der Waals surface area contributed by atoms with Crippen LogP contribution in [-0.4, -0.2) is 27.1 Å². The Bertz CT molecular complexity index is 312. The Labute approximate surface area is 108 Å². The van der Waals surface area contributed by atoms with Crippen LogP contribution < -0.4 is 5.32 Å². The van der Waals surface area contributed by atoms with Crippen LogP contribution in [-0.2, 0) is 9.47 Å². The van der Waals surface area contributed by atoms with Crippen LogP contribution in [0.2, 0.25) is 5.02 Å². The van der Waals surface area contributed by atoms with Gasteiger partial charge >= 0.3 is 0 Å². The van der Waals surface area contributed by atoms with Gasteiger partial charge in [0.05, 0.1) is 0 Å². The fourth-order valence-electron chi connectivity index (χ4n) is 1.69. The maximum Gasteiger partial charge on any atom is 0.169 e. The number of halogens is 1. The first kappa shape index (κ1) is 14.5. The Morgan fingerprint density at radius 1 is 1.18 bits per heavy atom. The lowest BCUT2D eigenvalue weighted by atomic mass is 10.0. The molecular weight excluding hydrogens is 238 g/mol. The predicted octanol–water partition coefficient (Wildman–Crippen LogP) is 3.00. The molecule has 1 atom stereocenters. The Morgan fingerprint density at radius 3 is 2.24 bits per heavy atom. The van der Waals surface area contributed by atoms with Crippen LogP contribution in [0.5, 0.6) is 0 Å². The molecule has 4 heteroatoms. The van der Waals surface area contributed by atoms with Gasteiger partial charge in [-0.05, 0) is 24.1 Å². The summed E-state index contributed by atoms with van der Waals surface area (Å²) < 4.78 is 10.3. The second-order valence-corrected chi connectivity index (χ2v) is 4.26. The smallest absolute Gasteiger partial charge is 0.169 e. The summed E-state index contributed by atoms with van der Waals surface area (Å²) in [5, 5.41) is 4.17. The minimum Gasteiger partial charge on any atom is -0.355 e. The average Bonchev–Trinajstić information content (AvgIpc) is 2.36. The van der Waals surface area contributed by atoms with E-state index in [1.807, 2.05) is 24.3 Å². The first-order chi connectivity index (χ1) is 8.21. The zero-order valence-corrected chi connectivity index (χ0v) is 11.3. The first-order valence-electron chi connectivity index (χ1n) is 5.75. The highest BCUT2D eigenvalue weighted by Crippen LogP contribution is 2.19. The molecule has 0 radical (unpaired) electrons. The van der Waals surface area contributed by atoms with E-state index in [2.05, 4.69) is 12.2 Å². The summed E-state index contributed by atoms with van der Waals surface area (Å²) in [5.41, 5.74) is 1.22. The molecule has 0 bridgehead atoms. The molecule has 1 aromatic rings. The maximum absolute atomic E-state index is 5.87.